The minimum absolute atomic E-state index is 0.0139. The molecule has 0 bridgehead atoms. The Kier molecular flexibility index (Phi) is 7.28. The van der Waals surface area contributed by atoms with Crippen molar-refractivity contribution >= 4 is 15.9 Å². The normalized spacial score (nSPS) is 16.2. The number of carbonyl (C=O) groups is 1. The molecular weight excluding hydrogens is 388 g/mol. The Morgan fingerprint density at radius 1 is 1.03 bits per heavy atom. The van der Waals surface area contributed by atoms with Gasteiger partial charge >= 0.3 is 0 Å². The summed E-state index contributed by atoms with van der Waals surface area (Å²) in [5, 5.41) is 2.88. The van der Waals surface area contributed by atoms with Crippen LogP contribution in [0.25, 0.3) is 0 Å². The number of benzene rings is 2. The standard InChI is InChI=1S/C22H28N2O4S/c1-17(18-8-4-2-5-9-18)23-22(25)16-28-20-12-14-21(15-13-20)29(26,27)24-19-10-6-3-7-11-19/h2,4-5,8-9,12-15,17,19,24H,3,6-7,10-11,16H2,1H3,(H,23,25)/t17-/m0/s1. The van der Waals surface area contributed by atoms with Crippen molar-refractivity contribution in [3.8, 4) is 5.75 Å². The summed E-state index contributed by atoms with van der Waals surface area (Å²) in [5.41, 5.74) is 1.01. The molecule has 0 heterocycles. The Labute approximate surface area is 172 Å². The predicted octanol–water partition coefficient (Wildman–Crippen LogP) is 3.55. The first-order valence-corrected chi connectivity index (χ1v) is 11.5. The third kappa shape index (κ3) is 6.30. The van der Waals surface area contributed by atoms with Gasteiger partial charge in [0.1, 0.15) is 5.75 Å². The quantitative estimate of drug-likeness (QED) is 0.689. The second kappa shape index (κ2) is 9.89. The molecule has 0 aromatic heterocycles. The first-order valence-electron chi connectivity index (χ1n) is 10.0. The summed E-state index contributed by atoms with van der Waals surface area (Å²) in [6.45, 7) is 1.77. The fourth-order valence-electron chi connectivity index (χ4n) is 3.48. The predicted molar refractivity (Wildman–Crippen MR) is 112 cm³/mol. The van der Waals surface area contributed by atoms with Crippen LogP contribution in [0, 0.1) is 0 Å². The molecule has 7 heteroatoms. The number of amides is 1. The van der Waals surface area contributed by atoms with E-state index in [2.05, 4.69) is 10.0 Å². The molecule has 1 atom stereocenters. The lowest BCUT2D eigenvalue weighted by Gasteiger charge is -2.22. The van der Waals surface area contributed by atoms with Crippen LogP contribution in [0.15, 0.2) is 59.5 Å². The first kappa shape index (κ1) is 21.3. The second-order valence-electron chi connectivity index (χ2n) is 7.42. The van der Waals surface area contributed by atoms with E-state index in [0.29, 0.717) is 5.75 Å². The van der Waals surface area contributed by atoms with E-state index in [1.807, 2.05) is 37.3 Å². The number of hydrogen-bond donors (Lipinski definition) is 2. The Hall–Kier alpha value is -2.38. The van der Waals surface area contributed by atoms with Crippen LogP contribution in [0.3, 0.4) is 0 Å². The van der Waals surface area contributed by atoms with Crippen LogP contribution in [0.4, 0.5) is 0 Å². The molecule has 29 heavy (non-hydrogen) atoms. The highest BCUT2D eigenvalue weighted by Crippen LogP contribution is 2.21. The average molecular weight is 417 g/mol. The summed E-state index contributed by atoms with van der Waals surface area (Å²) in [7, 11) is -3.54. The van der Waals surface area contributed by atoms with Crippen molar-refractivity contribution in [1.29, 1.82) is 0 Å². The van der Waals surface area contributed by atoms with Crippen molar-refractivity contribution in [2.24, 2.45) is 0 Å². The summed E-state index contributed by atoms with van der Waals surface area (Å²) in [4.78, 5) is 12.3. The van der Waals surface area contributed by atoms with E-state index in [9.17, 15) is 13.2 Å². The third-order valence-electron chi connectivity index (χ3n) is 5.11. The van der Waals surface area contributed by atoms with Gasteiger partial charge in [0.25, 0.3) is 5.91 Å². The van der Waals surface area contributed by atoms with Crippen molar-refractivity contribution in [3.05, 3.63) is 60.2 Å². The SMILES string of the molecule is C[C@H](NC(=O)COc1ccc(S(=O)(=O)NC2CCCCC2)cc1)c1ccccc1. The van der Waals surface area contributed by atoms with Gasteiger partial charge in [-0.1, -0.05) is 49.6 Å². The maximum Gasteiger partial charge on any atom is 0.258 e. The van der Waals surface area contributed by atoms with Gasteiger partial charge in [-0.25, -0.2) is 13.1 Å². The maximum atomic E-state index is 12.5. The van der Waals surface area contributed by atoms with Crippen LogP contribution >= 0.6 is 0 Å². The largest absolute Gasteiger partial charge is 0.484 e. The number of ether oxygens (including phenoxy) is 1. The van der Waals surface area contributed by atoms with Crippen LogP contribution in [0.2, 0.25) is 0 Å². The van der Waals surface area contributed by atoms with Crippen LogP contribution in [0.1, 0.15) is 50.6 Å². The summed E-state index contributed by atoms with van der Waals surface area (Å²) in [6.07, 6.45) is 5.06. The molecule has 0 unspecified atom stereocenters. The monoisotopic (exact) mass is 416 g/mol. The maximum absolute atomic E-state index is 12.5. The van der Waals surface area contributed by atoms with Gasteiger partial charge in [-0.3, -0.25) is 4.79 Å². The van der Waals surface area contributed by atoms with E-state index in [4.69, 9.17) is 4.74 Å². The topological polar surface area (TPSA) is 84.5 Å². The third-order valence-corrected chi connectivity index (χ3v) is 6.64. The van der Waals surface area contributed by atoms with Crippen LogP contribution in [-0.4, -0.2) is 27.0 Å². The first-order chi connectivity index (χ1) is 13.9. The highest BCUT2D eigenvalue weighted by molar-refractivity contribution is 7.89. The van der Waals surface area contributed by atoms with Crippen LogP contribution < -0.4 is 14.8 Å². The second-order valence-corrected chi connectivity index (χ2v) is 9.13. The Balaban J connectivity index is 1.50. The summed E-state index contributed by atoms with van der Waals surface area (Å²) >= 11 is 0. The molecule has 2 aromatic carbocycles. The van der Waals surface area contributed by atoms with Gasteiger partial charge in [0.15, 0.2) is 6.61 Å². The summed E-state index contributed by atoms with van der Waals surface area (Å²) in [5.74, 6) is 0.209. The molecule has 6 nitrogen and oxygen atoms in total. The number of hydrogen-bond acceptors (Lipinski definition) is 4. The Morgan fingerprint density at radius 2 is 1.69 bits per heavy atom. The van der Waals surface area contributed by atoms with Crippen molar-refractivity contribution < 1.29 is 17.9 Å². The van der Waals surface area contributed by atoms with E-state index >= 15 is 0 Å². The zero-order valence-corrected chi connectivity index (χ0v) is 17.5. The molecule has 1 saturated carbocycles. The molecule has 0 aliphatic heterocycles. The average Bonchev–Trinajstić information content (AvgIpc) is 2.73. The zero-order valence-electron chi connectivity index (χ0n) is 16.6. The Bertz CT molecular complexity index is 892. The molecule has 0 saturated heterocycles. The van der Waals surface area contributed by atoms with Crippen molar-refractivity contribution in [2.75, 3.05) is 6.61 Å². The molecule has 1 fully saturated rings. The number of rotatable bonds is 8. The van der Waals surface area contributed by atoms with Gasteiger partial charge < -0.3 is 10.1 Å². The van der Waals surface area contributed by atoms with Gasteiger partial charge in [-0.15, -0.1) is 0 Å². The van der Waals surface area contributed by atoms with Crippen molar-refractivity contribution in [3.63, 3.8) is 0 Å². The van der Waals surface area contributed by atoms with Crippen molar-refractivity contribution in [1.82, 2.24) is 10.0 Å². The minimum atomic E-state index is -3.54. The lowest BCUT2D eigenvalue weighted by Crippen LogP contribution is -2.36. The van der Waals surface area contributed by atoms with E-state index in [-0.39, 0.29) is 29.5 Å². The lowest BCUT2D eigenvalue weighted by atomic mass is 9.96. The van der Waals surface area contributed by atoms with E-state index < -0.39 is 10.0 Å². The molecule has 156 valence electrons. The summed E-state index contributed by atoms with van der Waals surface area (Å²) in [6, 6.07) is 15.7. The van der Waals surface area contributed by atoms with E-state index in [0.717, 1.165) is 31.2 Å². The van der Waals surface area contributed by atoms with Gasteiger partial charge in [-0.2, -0.15) is 0 Å². The van der Waals surface area contributed by atoms with Crippen molar-refractivity contribution in [2.45, 2.75) is 56.0 Å². The highest BCUT2D eigenvalue weighted by Gasteiger charge is 2.21. The van der Waals surface area contributed by atoms with Gasteiger partial charge in [0.2, 0.25) is 10.0 Å². The molecule has 0 spiro atoms. The Morgan fingerprint density at radius 3 is 2.34 bits per heavy atom. The molecule has 2 aromatic rings. The number of sulfonamides is 1. The smallest absolute Gasteiger partial charge is 0.258 e. The van der Waals surface area contributed by atoms with Gasteiger partial charge in [0, 0.05) is 6.04 Å². The van der Waals surface area contributed by atoms with E-state index in [1.54, 1.807) is 12.1 Å². The molecule has 1 amide bonds. The lowest BCUT2D eigenvalue weighted by molar-refractivity contribution is -0.123. The molecule has 2 N–H and O–H groups in total. The number of carbonyl (C=O) groups excluding carboxylic acids is 1. The molecule has 3 rings (SSSR count). The number of nitrogens with one attached hydrogen (secondary N) is 2. The zero-order chi connectivity index (χ0) is 20.7. The van der Waals surface area contributed by atoms with Crippen LogP contribution in [-0.2, 0) is 14.8 Å². The van der Waals surface area contributed by atoms with Crippen LogP contribution in [0.5, 0.6) is 5.75 Å². The minimum Gasteiger partial charge on any atom is -0.484 e. The fraction of sp³-hybridized carbons (Fsp3) is 0.409. The molecular formula is C22H28N2O4S. The summed E-state index contributed by atoms with van der Waals surface area (Å²) < 4.78 is 33.3. The van der Waals surface area contributed by atoms with E-state index in [1.165, 1.54) is 18.6 Å². The fourth-order valence-corrected chi connectivity index (χ4v) is 4.78. The van der Waals surface area contributed by atoms with Gasteiger partial charge in [-0.05, 0) is 49.6 Å². The molecule has 1 aliphatic carbocycles. The highest BCUT2D eigenvalue weighted by atomic mass is 32.2. The molecule has 1 aliphatic rings. The van der Waals surface area contributed by atoms with Gasteiger partial charge in [0.05, 0.1) is 10.9 Å². The molecule has 0 radical (unpaired) electrons.